The van der Waals surface area contributed by atoms with E-state index in [9.17, 15) is 18.4 Å². The average molecular weight is 342 g/mol. The van der Waals surface area contributed by atoms with Crippen molar-refractivity contribution in [1.29, 1.82) is 0 Å². The SMILES string of the molecule is CC(C)c1c(F)cc2c(=O)c(C(=O)O)cn(C3CC3F)c2c1Cl. The smallest absolute Gasteiger partial charge is 0.341 e. The second kappa shape index (κ2) is 5.30. The van der Waals surface area contributed by atoms with Gasteiger partial charge < -0.3 is 9.67 Å². The molecular formula is C16H14ClF2NO3. The van der Waals surface area contributed by atoms with Gasteiger partial charge in [0, 0.05) is 18.2 Å². The molecule has 2 aromatic rings. The van der Waals surface area contributed by atoms with Crippen molar-refractivity contribution in [3.05, 3.63) is 44.5 Å². The highest BCUT2D eigenvalue weighted by atomic mass is 35.5. The van der Waals surface area contributed by atoms with Gasteiger partial charge >= 0.3 is 5.97 Å². The van der Waals surface area contributed by atoms with Gasteiger partial charge in [0.15, 0.2) is 0 Å². The predicted molar refractivity (Wildman–Crippen MR) is 82.8 cm³/mol. The lowest BCUT2D eigenvalue weighted by Crippen LogP contribution is -2.20. The Hall–Kier alpha value is -1.95. The monoisotopic (exact) mass is 341 g/mol. The van der Waals surface area contributed by atoms with E-state index in [4.69, 9.17) is 16.7 Å². The summed E-state index contributed by atoms with van der Waals surface area (Å²) in [6.07, 6.45) is 0.179. The molecule has 0 amide bonds. The van der Waals surface area contributed by atoms with Gasteiger partial charge in [0.1, 0.15) is 17.6 Å². The van der Waals surface area contributed by atoms with E-state index in [1.165, 1.54) is 4.57 Å². The summed E-state index contributed by atoms with van der Waals surface area (Å²) in [7, 11) is 0. The highest BCUT2D eigenvalue weighted by Crippen LogP contribution is 2.43. The van der Waals surface area contributed by atoms with E-state index < -0.39 is 35.0 Å². The zero-order valence-corrected chi connectivity index (χ0v) is 13.2. The molecule has 1 heterocycles. The first-order valence-electron chi connectivity index (χ1n) is 7.18. The highest BCUT2D eigenvalue weighted by molar-refractivity contribution is 6.36. The van der Waals surface area contributed by atoms with Crippen LogP contribution in [-0.4, -0.2) is 21.8 Å². The van der Waals surface area contributed by atoms with Gasteiger partial charge in [-0.05, 0) is 12.0 Å². The first kappa shape index (κ1) is 15.9. The molecule has 1 aliphatic carbocycles. The van der Waals surface area contributed by atoms with Crippen LogP contribution in [0.5, 0.6) is 0 Å². The second-order valence-corrected chi connectivity index (χ2v) is 6.42. The number of halogens is 3. The normalized spacial score (nSPS) is 20.3. The summed E-state index contributed by atoms with van der Waals surface area (Å²) in [5.74, 6) is -2.35. The van der Waals surface area contributed by atoms with Crippen LogP contribution in [0.25, 0.3) is 10.9 Å². The van der Waals surface area contributed by atoms with Crippen molar-refractivity contribution in [2.45, 2.75) is 38.4 Å². The molecule has 23 heavy (non-hydrogen) atoms. The van der Waals surface area contributed by atoms with E-state index in [1.807, 2.05) is 0 Å². The first-order valence-corrected chi connectivity index (χ1v) is 7.56. The zero-order chi connectivity index (χ0) is 17.0. The highest BCUT2D eigenvalue weighted by Gasteiger charge is 2.40. The third-order valence-corrected chi connectivity index (χ3v) is 4.47. The number of alkyl halides is 1. The molecule has 4 nitrogen and oxygen atoms in total. The average Bonchev–Trinajstić information content (AvgIpc) is 3.16. The fourth-order valence-electron chi connectivity index (χ4n) is 2.84. The lowest BCUT2D eigenvalue weighted by Gasteiger charge is -2.17. The van der Waals surface area contributed by atoms with Crippen LogP contribution in [0.2, 0.25) is 5.02 Å². The minimum absolute atomic E-state index is 0.0307. The summed E-state index contributed by atoms with van der Waals surface area (Å²) in [6, 6.07) is 0.413. The summed E-state index contributed by atoms with van der Waals surface area (Å²) in [5, 5.41) is 9.05. The third kappa shape index (κ3) is 2.41. The van der Waals surface area contributed by atoms with Crippen LogP contribution in [-0.2, 0) is 0 Å². The molecular weight excluding hydrogens is 328 g/mol. The Morgan fingerprint density at radius 3 is 2.57 bits per heavy atom. The number of pyridine rings is 1. The lowest BCUT2D eigenvalue weighted by molar-refractivity contribution is 0.0694. The largest absolute Gasteiger partial charge is 0.477 e. The summed E-state index contributed by atoms with van der Waals surface area (Å²) < 4.78 is 29.2. The maximum absolute atomic E-state index is 14.3. The number of fused-ring (bicyclic) bond motifs is 1. The van der Waals surface area contributed by atoms with Gasteiger partial charge in [-0.2, -0.15) is 0 Å². The second-order valence-electron chi connectivity index (χ2n) is 6.04. The van der Waals surface area contributed by atoms with E-state index in [1.54, 1.807) is 13.8 Å². The Kier molecular flexibility index (Phi) is 3.67. The Morgan fingerprint density at radius 2 is 2.09 bits per heavy atom. The molecule has 0 radical (unpaired) electrons. The number of carboxylic acid groups (broad SMARTS) is 1. The van der Waals surface area contributed by atoms with Gasteiger partial charge in [-0.25, -0.2) is 13.6 Å². The fraction of sp³-hybridized carbons (Fsp3) is 0.375. The van der Waals surface area contributed by atoms with Crippen LogP contribution in [0, 0.1) is 5.82 Å². The Labute approximate surface area is 135 Å². The van der Waals surface area contributed by atoms with Crippen LogP contribution in [0.3, 0.4) is 0 Å². The van der Waals surface area contributed by atoms with Gasteiger partial charge in [0.25, 0.3) is 0 Å². The van der Waals surface area contributed by atoms with Crippen molar-refractivity contribution in [2.75, 3.05) is 0 Å². The molecule has 2 atom stereocenters. The molecule has 122 valence electrons. The number of carbonyl (C=O) groups is 1. The van der Waals surface area contributed by atoms with Crippen molar-refractivity contribution in [1.82, 2.24) is 4.57 Å². The zero-order valence-electron chi connectivity index (χ0n) is 12.4. The standard InChI is InChI=1S/C16H14ClF2NO3/c1-6(2)12-10(19)3-7-14(13(12)17)20(11-4-9(11)18)5-8(15(7)21)16(22)23/h3,5-6,9,11H,4H2,1-2H3,(H,22,23). The molecule has 1 N–H and O–H groups in total. The maximum Gasteiger partial charge on any atom is 0.341 e. The van der Waals surface area contributed by atoms with Crippen LogP contribution in [0.1, 0.15) is 48.1 Å². The summed E-state index contributed by atoms with van der Waals surface area (Å²) in [6.45, 7) is 3.50. The van der Waals surface area contributed by atoms with E-state index in [0.29, 0.717) is 0 Å². The Morgan fingerprint density at radius 1 is 1.48 bits per heavy atom. The summed E-state index contributed by atoms with van der Waals surface area (Å²) >= 11 is 6.30. The van der Waals surface area contributed by atoms with Crippen LogP contribution < -0.4 is 5.43 Å². The van der Waals surface area contributed by atoms with Crippen molar-refractivity contribution in [3.63, 3.8) is 0 Å². The van der Waals surface area contributed by atoms with Gasteiger partial charge in [0.2, 0.25) is 5.43 Å². The van der Waals surface area contributed by atoms with Gasteiger partial charge in [-0.15, -0.1) is 0 Å². The number of aromatic carboxylic acids is 1. The number of rotatable bonds is 3. The number of hydrogen-bond acceptors (Lipinski definition) is 2. The van der Waals surface area contributed by atoms with Crippen molar-refractivity contribution < 1.29 is 18.7 Å². The predicted octanol–water partition coefficient (Wildman–Crippen LogP) is 3.90. The van der Waals surface area contributed by atoms with E-state index in [0.717, 1.165) is 12.3 Å². The molecule has 1 aromatic heterocycles. The van der Waals surface area contributed by atoms with Crippen molar-refractivity contribution in [2.24, 2.45) is 0 Å². The molecule has 2 unspecified atom stereocenters. The van der Waals surface area contributed by atoms with Crippen LogP contribution in [0.15, 0.2) is 17.1 Å². The molecule has 1 aromatic carbocycles. The van der Waals surface area contributed by atoms with Crippen molar-refractivity contribution >= 4 is 28.5 Å². The van der Waals surface area contributed by atoms with Crippen LogP contribution >= 0.6 is 11.6 Å². The third-order valence-electron chi connectivity index (χ3n) is 4.09. The molecule has 7 heteroatoms. The molecule has 1 fully saturated rings. The topological polar surface area (TPSA) is 59.3 Å². The molecule has 0 aliphatic heterocycles. The molecule has 0 spiro atoms. The maximum atomic E-state index is 14.3. The van der Waals surface area contributed by atoms with Gasteiger partial charge in [-0.1, -0.05) is 25.4 Å². The minimum atomic E-state index is -1.44. The number of nitrogens with zero attached hydrogens (tertiary/aromatic N) is 1. The molecule has 1 aliphatic rings. The Bertz CT molecular complexity index is 891. The molecule has 0 bridgehead atoms. The molecule has 1 saturated carbocycles. The summed E-state index contributed by atoms with van der Waals surface area (Å²) in [5.41, 5.74) is -0.927. The molecule has 3 rings (SSSR count). The van der Waals surface area contributed by atoms with E-state index in [-0.39, 0.29) is 33.8 Å². The number of aromatic nitrogens is 1. The van der Waals surface area contributed by atoms with Crippen LogP contribution in [0.4, 0.5) is 8.78 Å². The molecule has 0 saturated heterocycles. The number of carboxylic acids is 1. The fourth-order valence-corrected chi connectivity index (χ4v) is 3.35. The van der Waals surface area contributed by atoms with E-state index in [2.05, 4.69) is 0 Å². The van der Waals surface area contributed by atoms with Gasteiger partial charge in [-0.3, -0.25) is 4.79 Å². The Balaban J connectivity index is 2.48. The first-order chi connectivity index (χ1) is 10.7. The summed E-state index contributed by atoms with van der Waals surface area (Å²) in [4.78, 5) is 23.6. The van der Waals surface area contributed by atoms with Gasteiger partial charge in [0.05, 0.1) is 22.0 Å². The lowest BCUT2D eigenvalue weighted by atomic mass is 9.99. The quantitative estimate of drug-likeness (QED) is 0.921. The number of hydrogen-bond donors (Lipinski definition) is 1. The minimum Gasteiger partial charge on any atom is -0.477 e. The number of benzene rings is 1. The van der Waals surface area contributed by atoms with E-state index >= 15 is 0 Å². The van der Waals surface area contributed by atoms with Crippen molar-refractivity contribution in [3.8, 4) is 0 Å².